The fourth-order valence-electron chi connectivity index (χ4n) is 1.76. The van der Waals surface area contributed by atoms with Crippen LogP contribution in [0.2, 0.25) is 0 Å². The molecule has 21 heavy (non-hydrogen) atoms. The highest BCUT2D eigenvalue weighted by Crippen LogP contribution is 2.29. The molecule has 2 rings (SSSR count). The van der Waals surface area contributed by atoms with Gasteiger partial charge in [0.25, 0.3) is 0 Å². The maximum absolute atomic E-state index is 13.0. The Labute approximate surface area is 125 Å². The monoisotopic (exact) mass is 310 g/mol. The number of carbonyl (C=O) groups excluding carboxylic acids is 1. The van der Waals surface area contributed by atoms with Gasteiger partial charge in [-0.15, -0.1) is 11.3 Å². The second-order valence-corrected chi connectivity index (χ2v) is 5.45. The Bertz CT molecular complexity index is 613. The van der Waals surface area contributed by atoms with Crippen molar-refractivity contribution in [2.75, 3.05) is 13.7 Å². The van der Waals surface area contributed by atoms with Crippen molar-refractivity contribution in [1.82, 2.24) is 4.98 Å². The molecule has 5 nitrogen and oxygen atoms in total. The molecule has 0 spiro atoms. The lowest BCUT2D eigenvalue weighted by atomic mass is 10.1. The molecule has 0 saturated carbocycles. The number of methoxy groups -OCH3 is 1. The number of nitrogens with two attached hydrogens (primary N) is 1. The molecule has 1 aromatic heterocycles. The molecule has 0 fully saturated rings. The Morgan fingerprint density at radius 3 is 2.67 bits per heavy atom. The van der Waals surface area contributed by atoms with Crippen molar-refractivity contribution >= 4 is 17.2 Å². The van der Waals surface area contributed by atoms with Gasteiger partial charge in [0.15, 0.2) is 0 Å². The van der Waals surface area contributed by atoms with Gasteiger partial charge in [-0.25, -0.2) is 9.37 Å². The fraction of sp³-hybridized carbons (Fsp3) is 0.286. The first kappa shape index (κ1) is 15.6. The van der Waals surface area contributed by atoms with Crippen LogP contribution in [0.4, 0.5) is 4.39 Å². The van der Waals surface area contributed by atoms with Crippen LogP contribution in [0.3, 0.4) is 0 Å². The predicted molar refractivity (Wildman–Crippen MR) is 77.1 cm³/mol. The standard InChI is InChI=1S/C14H15FN2O3S/c1-19-6-11-14(9-2-4-10(15)5-3-9)17-13(21-11)8-20-7-12(16)18/h2-5H,6-8H2,1H3,(H2,16,18). The van der Waals surface area contributed by atoms with Crippen LogP contribution >= 0.6 is 11.3 Å². The molecule has 2 N–H and O–H groups in total. The predicted octanol–water partition coefficient (Wildman–Crippen LogP) is 2.10. The molecule has 0 aliphatic rings. The van der Waals surface area contributed by atoms with Gasteiger partial charge in [0.2, 0.25) is 5.91 Å². The van der Waals surface area contributed by atoms with Gasteiger partial charge in [0.1, 0.15) is 17.4 Å². The van der Waals surface area contributed by atoms with Crippen molar-refractivity contribution < 1.29 is 18.7 Å². The molecule has 0 unspecified atom stereocenters. The minimum Gasteiger partial charge on any atom is -0.379 e. The first-order valence-corrected chi connectivity index (χ1v) is 7.01. The normalized spacial score (nSPS) is 10.8. The highest BCUT2D eigenvalue weighted by atomic mass is 32.1. The molecule has 7 heteroatoms. The Hall–Kier alpha value is -1.83. The first-order valence-electron chi connectivity index (χ1n) is 6.19. The third-order valence-corrected chi connectivity index (χ3v) is 3.61. The van der Waals surface area contributed by atoms with E-state index in [0.717, 1.165) is 16.1 Å². The highest BCUT2D eigenvalue weighted by Gasteiger charge is 2.13. The van der Waals surface area contributed by atoms with Gasteiger partial charge in [0, 0.05) is 12.7 Å². The van der Waals surface area contributed by atoms with Crippen LogP contribution in [-0.4, -0.2) is 24.6 Å². The minimum atomic E-state index is -0.526. The summed E-state index contributed by atoms with van der Waals surface area (Å²) in [5, 5.41) is 0.711. The van der Waals surface area contributed by atoms with Gasteiger partial charge in [-0.3, -0.25) is 4.79 Å². The van der Waals surface area contributed by atoms with Crippen molar-refractivity contribution in [3.8, 4) is 11.3 Å². The number of carbonyl (C=O) groups is 1. The summed E-state index contributed by atoms with van der Waals surface area (Å²) in [4.78, 5) is 16.0. The Balaban J connectivity index is 2.20. The van der Waals surface area contributed by atoms with E-state index in [9.17, 15) is 9.18 Å². The summed E-state index contributed by atoms with van der Waals surface area (Å²) >= 11 is 1.43. The van der Waals surface area contributed by atoms with Crippen LogP contribution in [0, 0.1) is 5.82 Å². The molecule has 1 amide bonds. The van der Waals surface area contributed by atoms with Gasteiger partial charge in [-0.1, -0.05) is 0 Å². The second-order valence-electron chi connectivity index (χ2n) is 4.28. The largest absolute Gasteiger partial charge is 0.379 e. The van der Waals surface area contributed by atoms with Crippen LogP contribution in [0.15, 0.2) is 24.3 Å². The molecule has 0 saturated heterocycles. The molecular weight excluding hydrogens is 295 g/mol. The van der Waals surface area contributed by atoms with Gasteiger partial charge in [0.05, 0.1) is 23.8 Å². The zero-order chi connectivity index (χ0) is 15.2. The molecule has 112 valence electrons. The van der Waals surface area contributed by atoms with Crippen LogP contribution in [0.25, 0.3) is 11.3 Å². The van der Waals surface area contributed by atoms with Crippen molar-refractivity contribution in [2.24, 2.45) is 5.73 Å². The SMILES string of the molecule is COCc1sc(COCC(N)=O)nc1-c1ccc(F)cc1. The van der Waals surface area contributed by atoms with E-state index in [1.165, 1.54) is 23.5 Å². The molecule has 1 aromatic carbocycles. The summed E-state index contributed by atoms with van der Waals surface area (Å²) in [5.74, 6) is -0.824. The molecule has 2 aromatic rings. The van der Waals surface area contributed by atoms with Crippen molar-refractivity contribution in [3.05, 3.63) is 40.0 Å². The number of hydrogen-bond acceptors (Lipinski definition) is 5. The number of primary amides is 1. The molecule has 1 heterocycles. The smallest absolute Gasteiger partial charge is 0.243 e. The average molecular weight is 310 g/mol. The maximum Gasteiger partial charge on any atom is 0.243 e. The van der Waals surface area contributed by atoms with E-state index in [2.05, 4.69) is 4.98 Å². The second kappa shape index (κ2) is 7.26. The van der Waals surface area contributed by atoms with Crippen molar-refractivity contribution in [3.63, 3.8) is 0 Å². The van der Waals surface area contributed by atoms with Crippen LogP contribution < -0.4 is 5.73 Å². The maximum atomic E-state index is 13.0. The van der Waals surface area contributed by atoms with Gasteiger partial charge in [-0.2, -0.15) is 0 Å². The third-order valence-electron chi connectivity index (χ3n) is 2.60. The topological polar surface area (TPSA) is 74.4 Å². The zero-order valence-electron chi connectivity index (χ0n) is 11.5. The van der Waals surface area contributed by atoms with Crippen LogP contribution in [0.5, 0.6) is 0 Å². The van der Waals surface area contributed by atoms with Crippen molar-refractivity contribution in [1.29, 1.82) is 0 Å². The summed E-state index contributed by atoms with van der Waals surface area (Å²) in [6.45, 7) is 0.455. The number of ether oxygens (including phenoxy) is 2. The number of halogens is 1. The molecule has 0 aliphatic heterocycles. The minimum absolute atomic E-state index is 0.148. The zero-order valence-corrected chi connectivity index (χ0v) is 12.3. The van der Waals surface area contributed by atoms with E-state index in [1.54, 1.807) is 19.2 Å². The van der Waals surface area contributed by atoms with Crippen molar-refractivity contribution in [2.45, 2.75) is 13.2 Å². The first-order chi connectivity index (χ1) is 10.1. The Kier molecular flexibility index (Phi) is 5.38. The lowest BCUT2D eigenvalue weighted by Crippen LogP contribution is -2.17. The highest BCUT2D eigenvalue weighted by molar-refractivity contribution is 7.12. The number of hydrogen-bond donors (Lipinski definition) is 1. The molecule has 0 aliphatic carbocycles. The quantitative estimate of drug-likeness (QED) is 0.850. The summed E-state index contributed by atoms with van der Waals surface area (Å²) in [6, 6.07) is 6.10. The lowest BCUT2D eigenvalue weighted by Gasteiger charge is -2.01. The molecular formula is C14H15FN2O3S. The van der Waals surface area contributed by atoms with Crippen LogP contribution in [-0.2, 0) is 27.5 Å². The summed E-state index contributed by atoms with van der Waals surface area (Å²) in [6.07, 6.45) is 0. The Morgan fingerprint density at radius 2 is 2.05 bits per heavy atom. The van der Waals surface area contributed by atoms with E-state index >= 15 is 0 Å². The number of benzene rings is 1. The number of nitrogens with zero attached hydrogens (tertiary/aromatic N) is 1. The van der Waals surface area contributed by atoms with E-state index in [1.807, 2.05) is 0 Å². The van der Waals surface area contributed by atoms with Crippen LogP contribution in [0.1, 0.15) is 9.88 Å². The summed E-state index contributed by atoms with van der Waals surface area (Å²) in [7, 11) is 1.59. The van der Waals surface area contributed by atoms with Gasteiger partial charge in [-0.05, 0) is 24.3 Å². The number of rotatable bonds is 7. The van der Waals surface area contributed by atoms with E-state index in [4.69, 9.17) is 15.2 Å². The summed E-state index contributed by atoms with van der Waals surface area (Å²) in [5.41, 5.74) is 6.55. The van der Waals surface area contributed by atoms with E-state index < -0.39 is 5.91 Å². The van der Waals surface area contributed by atoms with E-state index in [-0.39, 0.29) is 19.0 Å². The number of amides is 1. The lowest BCUT2D eigenvalue weighted by molar-refractivity contribution is -0.122. The molecule has 0 atom stereocenters. The number of thiazole rings is 1. The van der Waals surface area contributed by atoms with E-state index in [0.29, 0.717) is 11.6 Å². The Morgan fingerprint density at radius 1 is 1.33 bits per heavy atom. The molecule has 0 radical (unpaired) electrons. The van der Waals surface area contributed by atoms with Gasteiger partial charge >= 0.3 is 0 Å². The fourth-order valence-corrected chi connectivity index (χ4v) is 2.76. The average Bonchev–Trinajstić information content (AvgIpc) is 2.83. The summed E-state index contributed by atoms with van der Waals surface area (Å²) < 4.78 is 23.3. The number of aromatic nitrogens is 1. The third kappa shape index (κ3) is 4.32. The molecule has 0 bridgehead atoms. The van der Waals surface area contributed by atoms with Gasteiger partial charge < -0.3 is 15.2 Å².